The number of nitrogens with one attached hydrogen (secondary N) is 1. The first-order valence-corrected chi connectivity index (χ1v) is 12.1. The number of carbonyl (C=O) groups is 1. The fourth-order valence-corrected chi connectivity index (χ4v) is 5.79. The number of anilines is 1. The van der Waals surface area contributed by atoms with Gasteiger partial charge in [0, 0.05) is 10.6 Å². The number of nitriles is 1. The van der Waals surface area contributed by atoms with Crippen LogP contribution < -0.4 is 5.32 Å². The molecule has 10 heteroatoms. The van der Waals surface area contributed by atoms with Crippen molar-refractivity contribution in [2.45, 2.75) is 64.7 Å². The Labute approximate surface area is 193 Å². The number of aromatic nitrogens is 2. The van der Waals surface area contributed by atoms with Crippen molar-refractivity contribution in [1.82, 2.24) is 9.97 Å². The highest BCUT2D eigenvalue weighted by molar-refractivity contribution is 7.99. The smallest absolute Gasteiger partial charge is 0.316 e. The Morgan fingerprint density at radius 1 is 1.38 bits per heavy atom. The first kappa shape index (κ1) is 24.5. The summed E-state index contributed by atoms with van der Waals surface area (Å²) >= 11 is 2.27. The van der Waals surface area contributed by atoms with Crippen LogP contribution in [0.2, 0.25) is 0 Å². The second kappa shape index (κ2) is 9.40. The molecule has 0 aliphatic heterocycles. The normalized spacial score (nSPS) is 16.4. The maximum atomic E-state index is 12.9. The number of rotatable bonds is 6. The zero-order valence-electron chi connectivity index (χ0n) is 18.4. The van der Waals surface area contributed by atoms with Crippen molar-refractivity contribution < 1.29 is 18.0 Å². The van der Waals surface area contributed by atoms with E-state index in [1.54, 1.807) is 0 Å². The van der Waals surface area contributed by atoms with Crippen molar-refractivity contribution in [2.24, 2.45) is 11.3 Å². The number of aryl methyl sites for hydroxylation is 1. The Morgan fingerprint density at radius 3 is 2.72 bits per heavy atom. The van der Waals surface area contributed by atoms with Gasteiger partial charge in [-0.3, -0.25) is 4.79 Å². The summed E-state index contributed by atoms with van der Waals surface area (Å²) < 4.78 is 38.8. The molecule has 0 saturated heterocycles. The minimum absolute atomic E-state index is 0.108. The van der Waals surface area contributed by atoms with Gasteiger partial charge in [-0.05, 0) is 49.1 Å². The van der Waals surface area contributed by atoms with E-state index in [4.69, 9.17) is 0 Å². The summed E-state index contributed by atoms with van der Waals surface area (Å²) in [5.74, 6) is -0.0422. The number of thiophene rings is 1. The van der Waals surface area contributed by atoms with Crippen LogP contribution in [0.25, 0.3) is 0 Å². The van der Waals surface area contributed by atoms with Crippen molar-refractivity contribution in [1.29, 1.82) is 5.26 Å². The molecule has 1 aliphatic carbocycles. The number of nitrogens with zero attached hydrogens (tertiary/aromatic N) is 3. The van der Waals surface area contributed by atoms with Gasteiger partial charge in [0.2, 0.25) is 5.91 Å². The molecule has 0 fully saturated rings. The van der Waals surface area contributed by atoms with Crippen LogP contribution in [0.1, 0.15) is 61.0 Å². The van der Waals surface area contributed by atoms with E-state index in [-0.39, 0.29) is 22.0 Å². The molecule has 0 bridgehead atoms. The van der Waals surface area contributed by atoms with Crippen LogP contribution in [-0.4, -0.2) is 21.6 Å². The van der Waals surface area contributed by atoms with E-state index >= 15 is 0 Å². The molecule has 1 N–H and O–H groups in total. The molecule has 172 valence electrons. The quantitative estimate of drug-likeness (QED) is 0.403. The lowest BCUT2D eigenvalue weighted by atomic mass is 9.69. The van der Waals surface area contributed by atoms with Gasteiger partial charge in [-0.1, -0.05) is 39.0 Å². The van der Waals surface area contributed by atoms with E-state index in [0.29, 0.717) is 16.5 Å². The molecule has 0 radical (unpaired) electrons. The summed E-state index contributed by atoms with van der Waals surface area (Å²) in [6.45, 7) is 8.16. The van der Waals surface area contributed by atoms with E-state index in [1.807, 2.05) is 0 Å². The van der Waals surface area contributed by atoms with Gasteiger partial charge in [-0.15, -0.1) is 11.3 Å². The summed E-state index contributed by atoms with van der Waals surface area (Å²) in [7, 11) is 0. The third kappa shape index (κ3) is 5.44. The molecule has 0 unspecified atom stereocenters. The highest BCUT2D eigenvalue weighted by Crippen LogP contribution is 2.45. The van der Waals surface area contributed by atoms with E-state index < -0.39 is 17.8 Å². The molecule has 0 spiro atoms. The molecule has 1 amide bonds. The lowest BCUT2D eigenvalue weighted by molar-refractivity contribution is -0.141. The van der Waals surface area contributed by atoms with Crippen LogP contribution in [0, 0.1) is 29.6 Å². The topological polar surface area (TPSA) is 78.7 Å². The highest BCUT2D eigenvalue weighted by Gasteiger charge is 2.35. The molecule has 2 aromatic rings. The number of hydrogen-bond donors (Lipinski definition) is 1. The van der Waals surface area contributed by atoms with Crippen LogP contribution in [-0.2, 0) is 23.8 Å². The average Bonchev–Trinajstić information content (AvgIpc) is 3.07. The van der Waals surface area contributed by atoms with Crippen molar-refractivity contribution >= 4 is 34.0 Å². The van der Waals surface area contributed by atoms with Gasteiger partial charge in [-0.2, -0.15) is 18.4 Å². The van der Waals surface area contributed by atoms with E-state index in [0.717, 1.165) is 54.0 Å². The van der Waals surface area contributed by atoms with Gasteiger partial charge in [0.15, 0.2) is 5.16 Å². The van der Waals surface area contributed by atoms with Crippen LogP contribution in [0.3, 0.4) is 0 Å². The van der Waals surface area contributed by atoms with Crippen molar-refractivity contribution in [2.75, 3.05) is 11.1 Å². The predicted octanol–water partition coefficient (Wildman–Crippen LogP) is 6.01. The summed E-state index contributed by atoms with van der Waals surface area (Å²) in [4.78, 5) is 21.1. The fraction of sp³-hybridized carbons (Fsp3) is 0.545. The van der Waals surface area contributed by atoms with Crippen LogP contribution >= 0.6 is 23.1 Å². The Hall–Kier alpha value is -2.12. The standard InChI is InChI=1S/C22H25F3N4OS2/c1-5-21(3,4)13-6-7-14-15(10-26)19(32-16(14)9-13)29-18(30)11-31-20-27-12(2)8-17(28-20)22(23,24)25/h8,13H,5-7,9,11H2,1-4H3,(H,29,30)/t13-/m0/s1. The third-order valence-corrected chi connectivity index (χ3v) is 8.12. The number of fused-ring (bicyclic) bond motifs is 1. The molecule has 1 atom stereocenters. The predicted molar refractivity (Wildman–Crippen MR) is 120 cm³/mol. The molecule has 0 aromatic carbocycles. The van der Waals surface area contributed by atoms with Gasteiger partial charge < -0.3 is 5.32 Å². The molecule has 0 saturated carbocycles. The molecular weight excluding hydrogens is 457 g/mol. The second-order valence-corrected chi connectivity index (χ2v) is 10.7. The minimum Gasteiger partial charge on any atom is -0.316 e. The Balaban J connectivity index is 1.70. The van der Waals surface area contributed by atoms with Crippen LogP contribution in [0.5, 0.6) is 0 Å². The number of amides is 1. The Morgan fingerprint density at radius 2 is 2.09 bits per heavy atom. The maximum absolute atomic E-state index is 12.9. The van der Waals surface area contributed by atoms with Crippen molar-refractivity contribution in [3.05, 3.63) is 33.5 Å². The zero-order valence-corrected chi connectivity index (χ0v) is 20.0. The van der Waals surface area contributed by atoms with Gasteiger partial charge in [0.05, 0.1) is 11.3 Å². The third-order valence-electron chi connectivity index (χ3n) is 6.10. The number of carbonyl (C=O) groups excluding carboxylic acids is 1. The summed E-state index contributed by atoms with van der Waals surface area (Å²) in [6.07, 6.45) is -0.800. The van der Waals surface area contributed by atoms with Gasteiger partial charge in [-0.25, -0.2) is 9.97 Å². The first-order valence-electron chi connectivity index (χ1n) is 10.3. The SMILES string of the molecule is CCC(C)(C)[C@H]1CCc2c(sc(NC(=O)CSc3nc(C)cc(C(F)(F)F)n3)c2C#N)C1. The summed E-state index contributed by atoms with van der Waals surface area (Å²) in [5.41, 5.74) is 0.868. The molecule has 5 nitrogen and oxygen atoms in total. The monoisotopic (exact) mass is 482 g/mol. The largest absolute Gasteiger partial charge is 0.433 e. The lowest BCUT2D eigenvalue weighted by Gasteiger charge is -2.36. The number of alkyl halides is 3. The van der Waals surface area contributed by atoms with Gasteiger partial charge >= 0.3 is 6.18 Å². The molecule has 2 aromatic heterocycles. The van der Waals surface area contributed by atoms with Gasteiger partial charge in [0.1, 0.15) is 16.8 Å². The molecule has 2 heterocycles. The highest BCUT2D eigenvalue weighted by atomic mass is 32.2. The number of halogens is 3. The fourth-order valence-electron chi connectivity index (χ4n) is 3.79. The van der Waals surface area contributed by atoms with Crippen LogP contribution in [0.15, 0.2) is 11.2 Å². The van der Waals surface area contributed by atoms with Gasteiger partial charge in [0.25, 0.3) is 0 Å². The number of thioether (sulfide) groups is 1. The average molecular weight is 483 g/mol. The van der Waals surface area contributed by atoms with Crippen LogP contribution in [0.4, 0.5) is 18.2 Å². The van der Waals surface area contributed by atoms with Crippen molar-refractivity contribution in [3.8, 4) is 6.07 Å². The van der Waals surface area contributed by atoms with E-state index in [1.165, 1.54) is 18.3 Å². The summed E-state index contributed by atoms with van der Waals surface area (Å²) in [5, 5.41) is 12.8. The Kier molecular flexibility index (Phi) is 7.20. The molecule has 3 rings (SSSR count). The zero-order chi connectivity index (χ0) is 23.7. The lowest BCUT2D eigenvalue weighted by Crippen LogP contribution is -2.28. The Bertz CT molecular complexity index is 1060. The molecular formula is C22H25F3N4OS2. The number of hydrogen-bond acceptors (Lipinski definition) is 6. The first-order chi connectivity index (χ1) is 14.9. The molecule has 32 heavy (non-hydrogen) atoms. The second-order valence-electron chi connectivity index (χ2n) is 8.61. The van der Waals surface area contributed by atoms with E-state index in [2.05, 4.69) is 42.1 Å². The minimum atomic E-state index is -4.58. The molecule has 1 aliphatic rings. The summed E-state index contributed by atoms with van der Waals surface area (Å²) in [6, 6.07) is 3.09. The van der Waals surface area contributed by atoms with E-state index in [9.17, 15) is 23.2 Å². The van der Waals surface area contributed by atoms with Crippen molar-refractivity contribution in [3.63, 3.8) is 0 Å². The maximum Gasteiger partial charge on any atom is 0.433 e.